The maximum atomic E-state index is 12.1. The second-order valence-electron chi connectivity index (χ2n) is 4.37. The van der Waals surface area contributed by atoms with Crippen LogP contribution < -0.4 is 5.32 Å². The summed E-state index contributed by atoms with van der Waals surface area (Å²) in [5, 5.41) is 12.4. The van der Waals surface area contributed by atoms with Crippen molar-refractivity contribution in [3.8, 4) is 0 Å². The normalized spacial score (nSPS) is 18.1. The number of urea groups is 1. The molecule has 2 N–H and O–H groups in total. The molecule has 1 heterocycles. The van der Waals surface area contributed by atoms with Gasteiger partial charge in [0.05, 0.1) is 20.8 Å². The summed E-state index contributed by atoms with van der Waals surface area (Å²) in [6.45, 7) is 0.391. The molecule has 0 aromatic heterocycles. The maximum absolute atomic E-state index is 12.1. The summed E-state index contributed by atoms with van der Waals surface area (Å²) in [5.74, 6) is -1.02. The number of amides is 2. The Morgan fingerprint density at radius 3 is 2.50 bits per heavy atom. The van der Waals surface area contributed by atoms with Gasteiger partial charge in [0, 0.05) is 6.54 Å². The van der Waals surface area contributed by atoms with Crippen LogP contribution in [0, 0.1) is 0 Å². The minimum atomic E-state index is -1.02. The number of nitrogens with zero attached hydrogens (tertiary/aromatic N) is 1. The smallest absolute Gasteiger partial charge is 0.326 e. The molecule has 20 heavy (non-hydrogen) atoms. The van der Waals surface area contributed by atoms with Crippen LogP contribution in [0.4, 0.5) is 10.5 Å². The molecule has 1 aliphatic rings. The van der Waals surface area contributed by atoms with Crippen molar-refractivity contribution in [1.29, 1.82) is 0 Å². The molecule has 0 aliphatic carbocycles. The summed E-state index contributed by atoms with van der Waals surface area (Å²) in [5.41, 5.74) is 0.294. The van der Waals surface area contributed by atoms with E-state index >= 15 is 0 Å². The first-order valence-corrected chi connectivity index (χ1v) is 6.98. The van der Waals surface area contributed by atoms with Gasteiger partial charge >= 0.3 is 12.0 Å². The summed E-state index contributed by atoms with van der Waals surface area (Å²) in [7, 11) is 0. The van der Waals surface area contributed by atoms with Gasteiger partial charge in [0.25, 0.3) is 0 Å². The molecule has 1 aliphatic heterocycles. The van der Waals surface area contributed by atoms with E-state index in [1.165, 1.54) is 17.0 Å². The highest BCUT2D eigenvalue weighted by molar-refractivity contribution is 6.44. The Kier molecular flexibility index (Phi) is 4.62. The van der Waals surface area contributed by atoms with Crippen molar-refractivity contribution in [2.75, 3.05) is 11.9 Å². The van der Waals surface area contributed by atoms with Crippen molar-refractivity contribution in [2.45, 2.75) is 18.9 Å². The third-order valence-electron chi connectivity index (χ3n) is 3.05. The van der Waals surface area contributed by atoms with Gasteiger partial charge in [-0.15, -0.1) is 0 Å². The molecule has 108 valence electrons. The first-order chi connectivity index (χ1) is 9.40. The molecule has 5 nitrogen and oxygen atoms in total. The third kappa shape index (κ3) is 3.11. The quantitative estimate of drug-likeness (QED) is 0.808. The van der Waals surface area contributed by atoms with Crippen molar-refractivity contribution >= 4 is 52.5 Å². The maximum Gasteiger partial charge on any atom is 0.326 e. The number of rotatable bonds is 2. The van der Waals surface area contributed by atoms with Crippen molar-refractivity contribution in [1.82, 2.24) is 4.90 Å². The molecule has 0 spiro atoms. The Morgan fingerprint density at radius 2 is 1.85 bits per heavy atom. The summed E-state index contributed by atoms with van der Waals surface area (Å²) >= 11 is 17.6. The Hall–Kier alpha value is -1.17. The fraction of sp³-hybridized carbons (Fsp3) is 0.333. The summed E-state index contributed by atoms with van der Waals surface area (Å²) < 4.78 is 0. The number of benzene rings is 1. The van der Waals surface area contributed by atoms with E-state index in [1.54, 1.807) is 0 Å². The second kappa shape index (κ2) is 6.08. The molecule has 1 aromatic carbocycles. The molecule has 8 heteroatoms. The van der Waals surface area contributed by atoms with E-state index in [9.17, 15) is 9.59 Å². The number of halogens is 3. The molecule has 2 rings (SSSR count). The van der Waals surface area contributed by atoms with Gasteiger partial charge < -0.3 is 15.3 Å². The SMILES string of the molecule is O=C(O)C1CCCN1C(=O)Nc1cc(Cl)c(Cl)cc1Cl. The van der Waals surface area contributed by atoms with Gasteiger partial charge in [0.2, 0.25) is 0 Å². The molecule has 0 radical (unpaired) electrons. The molecule has 1 saturated heterocycles. The number of carboxylic acids is 1. The van der Waals surface area contributed by atoms with Gasteiger partial charge in [-0.2, -0.15) is 0 Å². The van der Waals surface area contributed by atoms with Crippen molar-refractivity contribution < 1.29 is 14.7 Å². The molecule has 2 amide bonds. The van der Waals surface area contributed by atoms with E-state index in [0.29, 0.717) is 25.1 Å². The van der Waals surface area contributed by atoms with Crippen LogP contribution in [0.25, 0.3) is 0 Å². The van der Waals surface area contributed by atoms with Gasteiger partial charge in [0.1, 0.15) is 6.04 Å². The van der Waals surface area contributed by atoms with Crippen LogP contribution in [-0.2, 0) is 4.79 Å². The number of hydrogen-bond donors (Lipinski definition) is 2. The van der Waals surface area contributed by atoms with Gasteiger partial charge in [-0.1, -0.05) is 34.8 Å². The number of carboxylic acid groups (broad SMARTS) is 1. The Bertz CT molecular complexity index is 565. The molecule has 1 fully saturated rings. The molecule has 1 atom stereocenters. The van der Waals surface area contributed by atoms with Crippen LogP contribution in [0.2, 0.25) is 15.1 Å². The first kappa shape index (κ1) is 15.2. The lowest BCUT2D eigenvalue weighted by molar-refractivity contribution is -0.141. The van der Waals surface area contributed by atoms with E-state index < -0.39 is 18.0 Å². The largest absolute Gasteiger partial charge is 0.480 e. The lowest BCUT2D eigenvalue weighted by Crippen LogP contribution is -2.42. The van der Waals surface area contributed by atoms with Gasteiger partial charge in [-0.05, 0) is 25.0 Å². The predicted molar refractivity (Wildman–Crippen MR) is 77.9 cm³/mol. The third-order valence-corrected chi connectivity index (χ3v) is 4.09. The van der Waals surface area contributed by atoms with Crippen LogP contribution in [-0.4, -0.2) is 34.6 Å². The van der Waals surface area contributed by atoms with Crippen molar-refractivity contribution in [3.63, 3.8) is 0 Å². The standard InChI is InChI=1S/C12H11Cl3N2O3/c13-6-4-8(15)9(5-7(6)14)16-12(20)17-3-1-2-10(17)11(18)19/h4-5,10H,1-3H2,(H,16,20)(H,18,19). The molecule has 0 saturated carbocycles. The summed E-state index contributed by atoms with van der Waals surface area (Å²) in [4.78, 5) is 24.4. The van der Waals surface area contributed by atoms with Crippen LogP contribution in [0.1, 0.15) is 12.8 Å². The zero-order valence-electron chi connectivity index (χ0n) is 10.2. The summed E-state index contributed by atoms with van der Waals surface area (Å²) in [6, 6.07) is 1.52. The number of carbonyl (C=O) groups is 2. The van der Waals surface area contributed by atoms with E-state index in [-0.39, 0.29) is 15.1 Å². The second-order valence-corrected chi connectivity index (χ2v) is 5.59. The zero-order chi connectivity index (χ0) is 14.9. The lowest BCUT2D eigenvalue weighted by Gasteiger charge is -2.22. The van der Waals surface area contributed by atoms with E-state index in [2.05, 4.69) is 5.32 Å². The number of carbonyl (C=O) groups excluding carboxylic acids is 1. The highest BCUT2D eigenvalue weighted by Gasteiger charge is 2.34. The van der Waals surface area contributed by atoms with Gasteiger partial charge in [0.15, 0.2) is 0 Å². The van der Waals surface area contributed by atoms with Crippen LogP contribution in [0.5, 0.6) is 0 Å². The molecule has 1 unspecified atom stereocenters. The van der Waals surface area contributed by atoms with Gasteiger partial charge in [-0.3, -0.25) is 0 Å². The number of hydrogen-bond acceptors (Lipinski definition) is 2. The molecule has 0 bridgehead atoms. The highest BCUT2D eigenvalue weighted by Crippen LogP contribution is 2.32. The highest BCUT2D eigenvalue weighted by atomic mass is 35.5. The molecular formula is C12H11Cl3N2O3. The monoisotopic (exact) mass is 336 g/mol. The van der Waals surface area contributed by atoms with Gasteiger partial charge in [-0.25, -0.2) is 9.59 Å². The lowest BCUT2D eigenvalue weighted by atomic mass is 10.2. The van der Waals surface area contributed by atoms with E-state index in [1.807, 2.05) is 0 Å². The summed E-state index contributed by atoms with van der Waals surface area (Å²) in [6.07, 6.45) is 1.09. The minimum absolute atomic E-state index is 0.235. The van der Waals surface area contributed by atoms with Crippen molar-refractivity contribution in [3.05, 3.63) is 27.2 Å². The average Bonchev–Trinajstić information content (AvgIpc) is 2.85. The van der Waals surface area contributed by atoms with Crippen LogP contribution in [0.3, 0.4) is 0 Å². The van der Waals surface area contributed by atoms with E-state index in [0.717, 1.165) is 0 Å². The van der Waals surface area contributed by atoms with E-state index in [4.69, 9.17) is 39.9 Å². The topological polar surface area (TPSA) is 69.6 Å². The number of nitrogens with one attached hydrogen (secondary N) is 1. The number of aliphatic carboxylic acids is 1. The number of likely N-dealkylation sites (tertiary alicyclic amines) is 1. The zero-order valence-corrected chi connectivity index (χ0v) is 12.5. The Balaban J connectivity index is 2.16. The number of anilines is 1. The molecular weight excluding hydrogens is 327 g/mol. The Labute approximate surface area is 130 Å². The predicted octanol–water partition coefficient (Wildman–Crippen LogP) is 3.73. The fourth-order valence-electron chi connectivity index (χ4n) is 2.07. The minimum Gasteiger partial charge on any atom is -0.480 e. The molecule has 1 aromatic rings. The average molecular weight is 338 g/mol. The van der Waals surface area contributed by atoms with Crippen molar-refractivity contribution in [2.24, 2.45) is 0 Å². The fourth-order valence-corrected chi connectivity index (χ4v) is 2.67. The first-order valence-electron chi connectivity index (χ1n) is 5.85. The Morgan fingerprint density at radius 1 is 1.20 bits per heavy atom. The van der Waals surface area contributed by atoms with Crippen LogP contribution >= 0.6 is 34.8 Å². The van der Waals surface area contributed by atoms with Crippen LogP contribution in [0.15, 0.2) is 12.1 Å².